The van der Waals surface area contributed by atoms with Gasteiger partial charge in [0.05, 0.1) is 52.4 Å². The first-order valence-electron chi connectivity index (χ1n) is 5.23. The SMILES string of the molecule is COC(C)CO.OCCOCCOCCO. The molecule has 6 heteroatoms. The Balaban J connectivity index is 0. The minimum atomic E-state index is -0.00926. The van der Waals surface area contributed by atoms with Crippen molar-refractivity contribution in [3.63, 3.8) is 0 Å². The van der Waals surface area contributed by atoms with Gasteiger partial charge in [0.25, 0.3) is 0 Å². The predicted octanol–water partition coefficient (Wildman–Crippen LogP) is -0.982. The average Bonchev–Trinajstić information content (AvgIpc) is 2.33. The summed E-state index contributed by atoms with van der Waals surface area (Å²) >= 11 is 0. The Hall–Kier alpha value is -0.240. The van der Waals surface area contributed by atoms with Gasteiger partial charge in [-0.15, -0.1) is 0 Å². The van der Waals surface area contributed by atoms with Crippen LogP contribution in [0.4, 0.5) is 0 Å². The van der Waals surface area contributed by atoms with E-state index in [0.717, 1.165) is 0 Å². The van der Waals surface area contributed by atoms with E-state index < -0.39 is 0 Å². The third kappa shape index (κ3) is 19.4. The molecule has 0 radical (unpaired) electrons. The summed E-state index contributed by atoms with van der Waals surface area (Å²) in [5.74, 6) is 0. The van der Waals surface area contributed by atoms with Crippen molar-refractivity contribution in [2.45, 2.75) is 13.0 Å². The lowest BCUT2D eigenvalue weighted by molar-refractivity contribution is 0.0222. The van der Waals surface area contributed by atoms with Crippen molar-refractivity contribution in [3.8, 4) is 0 Å². The molecule has 0 saturated heterocycles. The van der Waals surface area contributed by atoms with Gasteiger partial charge in [-0.2, -0.15) is 0 Å². The molecule has 100 valence electrons. The molecule has 6 nitrogen and oxygen atoms in total. The van der Waals surface area contributed by atoms with E-state index in [-0.39, 0.29) is 25.9 Å². The second-order valence-corrected chi connectivity index (χ2v) is 2.90. The summed E-state index contributed by atoms with van der Waals surface area (Å²) < 4.78 is 14.4. The summed E-state index contributed by atoms with van der Waals surface area (Å²) in [7, 11) is 1.57. The largest absolute Gasteiger partial charge is 0.394 e. The van der Waals surface area contributed by atoms with Gasteiger partial charge < -0.3 is 29.5 Å². The highest BCUT2D eigenvalue weighted by molar-refractivity contribution is 4.38. The molecule has 0 spiro atoms. The summed E-state index contributed by atoms with van der Waals surface area (Å²) in [4.78, 5) is 0. The Morgan fingerprint density at radius 3 is 1.50 bits per heavy atom. The number of hydrogen-bond acceptors (Lipinski definition) is 6. The van der Waals surface area contributed by atoms with E-state index in [9.17, 15) is 0 Å². The molecule has 0 aliphatic carbocycles. The zero-order valence-electron chi connectivity index (χ0n) is 10.1. The van der Waals surface area contributed by atoms with E-state index in [2.05, 4.69) is 4.74 Å². The number of aliphatic hydroxyl groups excluding tert-OH is 3. The normalized spacial score (nSPS) is 11.8. The molecule has 16 heavy (non-hydrogen) atoms. The smallest absolute Gasteiger partial charge is 0.0773 e. The van der Waals surface area contributed by atoms with Crippen molar-refractivity contribution in [1.29, 1.82) is 0 Å². The fourth-order valence-electron chi connectivity index (χ4n) is 0.526. The first-order valence-corrected chi connectivity index (χ1v) is 5.23. The molecule has 0 rings (SSSR count). The van der Waals surface area contributed by atoms with Gasteiger partial charge in [-0.3, -0.25) is 0 Å². The van der Waals surface area contributed by atoms with Crippen LogP contribution in [0.2, 0.25) is 0 Å². The van der Waals surface area contributed by atoms with Gasteiger partial charge in [0.2, 0.25) is 0 Å². The molecule has 3 N–H and O–H groups in total. The molecule has 0 aromatic rings. The lowest BCUT2D eigenvalue weighted by Gasteiger charge is -2.01. The standard InChI is InChI=1S/C6H14O4.C4H10O2/c7-1-3-9-5-6-10-4-2-8;1-4(3-5)6-2/h7-8H,1-6H2;4-5H,3H2,1-2H3. The van der Waals surface area contributed by atoms with Crippen molar-refractivity contribution in [2.75, 3.05) is 53.4 Å². The van der Waals surface area contributed by atoms with Crippen LogP contribution in [0.25, 0.3) is 0 Å². The summed E-state index contributed by atoms with van der Waals surface area (Å²) in [5, 5.41) is 24.7. The molecular formula is C10H24O6. The third-order valence-electron chi connectivity index (χ3n) is 1.50. The Morgan fingerprint density at radius 2 is 1.31 bits per heavy atom. The summed E-state index contributed by atoms with van der Waals surface area (Å²) in [6, 6.07) is 0. The van der Waals surface area contributed by atoms with Gasteiger partial charge in [-0.1, -0.05) is 0 Å². The van der Waals surface area contributed by atoms with Gasteiger partial charge in [0, 0.05) is 7.11 Å². The van der Waals surface area contributed by atoms with E-state index in [4.69, 9.17) is 24.8 Å². The van der Waals surface area contributed by atoms with Gasteiger partial charge >= 0.3 is 0 Å². The Morgan fingerprint density at radius 1 is 0.875 bits per heavy atom. The van der Waals surface area contributed by atoms with E-state index in [0.29, 0.717) is 26.4 Å². The highest BCUT2D eigenvalue weighted by Crippen LogP contribution is 1.80. The van der Waals surface area contributed by atoms with Crippen LogP contribution in [0, 0.1) is 0 Å². The summed E-state index contributed by atoms with van der Waals surface area (Å²) in [6.45, 7) is 3.64. The monoisotopic (exact) mass is 240 g/mol. The lowest BCUT2D eigenvalue weighted by Crippen LogP contribution is -2.09. The Bertz CT molecular complexity index is 99.5. The molecule has 0 saturated carbocycles. The maximum Gasteiger partial charge on any atom is 0.0773 e. The van der Waals surface area contributed by atoms with Crippen molar-refractivity contribution in [3.05, 3.63) is 0 Å². The first kappa shape index (κ1) is 18.1. The quantitative estimate of drug-likeness (QED) is 0.449. The predicted molar refractivity (Wildman–Crippen MR) is 59.4 cm³/mol. The summed E-state index contributed by atoms with van der Waals surface area (Å²) in [5.41, 5.74) is 0. The maximum absolute atomic E-state index is 8.26. The van der Waals surface area contributed by atoms with Crippen LogP contribution in [-0.2, 0) is 14.2 Å². The van der Waals surface area contributed by atoms with Crippen LogP contribution in [0.15, 0.2) is 0 Å². The van der Waals surface area contributed by atoms with Crippen LogP contribution in [-0.4, -0.2) is 74.8 Å². The van der Waals surface area contributed by atoms with E-state index in [1.54, 1.807) is 14.0 Å². The highest BCUT2D eigenvalue weighted by Gasteiger charge is 1.90. The number of methoxy groups -OCH3 is 1. The molecule has 0 bridgehead atoms. The van der Waals surface area contributed by atoms with Crippen LogP contribution < -0.4 is 0 Å². The third-order valence-corrected chi connectivity index (χ3v) is 1.50. The zero-order valence-corrected chi connectivity index (χ0v) is 10.1. The van der Waals surface area contributed by atoms with E-state index >= 15 is 0 Å². The fraction of sp³-hybridized carbons (Fsp3) is 1.00. The molecule has 0 aliphatic rings. The molecule has 1 atom stereocenters. The van der Waals surface area contributed by atoms with Crippen molar-refractivity contribution < 1.29 is 29.5 Å². The molecule has 1 unspecified atom stereocenters. The topological polar surface area (TPSA) is 88.4 Å². The van der Waals surface area contributed by atoms with Gasteiger partial charge in [-0.25, -0.2) is 0 Å². The average molecular weight is 240 g/mol. The number of hydrogen-bond donors (Lipinski definition) is 3. The number of rotatable bonds is 9. The molecule has 0 aromatic carbocycles. The lowest BCUT2D eigenvalue weighted by atomic mass is 10.4. The molecular weight excluding hydrogens is 216 g/mol. The highest BCUT2D eigenvalue weighted by atomic mass is 16.5. The Kier molecular flexibility index (Phi) is 19.5. The molecule has 0 aliphatic heterocycles. The number of aliphatic hydroxyl groups is 3. The molecule has 0 aromatic heterocycles. The van der Waals surface area contributed by atoms with Crippen LogP contribution in [0.1, 0.15) is 6.92 Å². The second kappa shape index (κ2) is 17.2. The Labute approximate surface area is 96.8 Å². The van der Waals surface area contributed by atoms with Crippen molar-refractivity contribution in [1.82, 2.24) is 0 Å². The van der Waals surface area contributed by atoms with Crippen molar-refractivity contribution in [2.24, 2.45) is 0 Å². The second-order valence-electron chi connectivity index (χ2n) is 2.90. The van der Waals surface area contributed by atoms with Crippen molar-refractivity contribution >= 4 is 0 Å². The van der Waals surface area contributed by atoms with Gasteiger partial charge in [-0.05, 0) is 6.92 Å². The van der Waals surface area contributed by atoms with Crippen LogP contribution in [0.3, 0.4) is 0 Å². The van der Waals surface area contributed by atoms with E-state index in [1.807, 2.05) is 0 Å². The molecule has 0 heterocycles. The fourth-order valence-corrected chi connectivity index (χ4v) is 0.526. The van der Waals surface area contributed by atoms with Crippen LogP contribution in [0.5, 0.6) is 0 Å². The number of ether oxygens (including phenoxy) is 3. The van der Waals surface area contributed by atoms with Crippen LogP contribution >= 0.6 is 0 Å². The van der Waals surface area contributed by atoms with E-state index in [1.165, 1.54) is 0 Å². The van der Waals surface area contributed by atoms with Gasteiger partial charge in [0.1, 0.15) is 0 Å². The van der Waals surface area contributed by atoms with Gasteiger partial charge in [0.15, 0.2) is 0 Å². The summed E-state index contributed by atoms with van der Waals surface area (Å²) in [6.07, 6.45) is -0.00926. The minimum Gasteiger partial charge on any atom is -0.394 e. The zero-order chi connectivity index (χ0) is 12.6. The molecule has 0 amide bonds. The minimum absolute atomic E-state index is 0.00926. The maximum atomic E-state index is 8.26. The first-order chi connectivity index (χ1) is 7.72. The molecule has 0 fully saturated rings.